The summed E-state index contributed by atoms with van der Waals surface area (Å²) in [6.45, 7) is 0.979. The molecule has 21 heavy (non-hydrogen) atoms. The summed E-state index contributed by atoms with van der Waals surface area (Å²) in [6, 6.07) is 6.16. The molecule has 1 fully saturated rings. The highest BCUT2D eigenvalue weighted by molar-refractivity contribution is 5.79. The molecule has 1 amide bonds. The molecule has 1 aliphatic heterocycles. The Balaban J connectivity index is 1.81. The number of carbonyl (C=O) groups is 2. The summed E-state index contributed by atoms with van der Waals surface area (Å²) < 4.78 is 13.0. The largest absolute Gasteiger partial charge is 0.481 e. The number of carbonyl (C=O) groups excluding carboxylic acids is 1. The first-order chi connectivity index (χ1) is 10.1. The minimum Gasteiger partial charge on any atom is -0.481 e. The van der Waals surface area contributed by atoms with Crippen molar-refractivity contribution in [2.24, 2.45) is 5.92 Å². The Hall–Kier alpha value is -2.17. The van der Waals surface area contributed by atoms with Crippen LogP contribution < -0.4 is 0 Å². The summed E-state index contributed by atoms with van der Waals surface area (Å²) in [7, 11) is 0. The molecular formula is C16H18FNO3. The molecule has 4 nitrogen and oxygen atoms in total. The Kier molecular flexibility index (Phi) is 5.09. The highest BCUT2D eigenvalue weighted by atomic mass is 19.1. The van der Waals surface area contributed by atoms with Gasteiger partial charge in [0.2, 0.25) is 5.91 Å². The molecule has 2 rings (SSSR count). The van der Waals surface area contributed by atoms with Crippen molar-refractivity contribution in [3.8, 4) is 0 Å². The summed E-state index contributed by atoms with van der Waals surface area (Å²) in [4.78, 5) is 24.5. The molecule has 0 aliphatic carbocycles. The van der Waals surface area contributed by atoms with Gasteiger partial charge in [0.15, 0.2) is 0 Å². The van der Waals surface area contributed by atoms with E-state index in [1.807, 2.05) is 0 Å². The van der Waals surface area contributed by atoms with E-state index in [0.29, 0.717) is 31.5 Å². The highest BCUT2D eigenvalue weighted by Gasteiger charge is 2.26. The van der Waals surface area contributed by atoms with E-state index in [9.17, 15) is 14.0 Å². The van der Waals surface area contributed by atoms with Gasteiger partial charge in [-0.05, 0) is 30.5 Å². The number of likely N-dealkylation sites (tertiary alicyclic amines) is 1. The van der Waals surface area contributed by atoms with Gasteiger partial charge in [0, 0.05) is 19.5 Å². The maximum Gasteiger partial charge on any atom is 0.306 e. The van der Waals surface area contributed by atoms with Crippen LogP contribution in [-0.2, 0) is 9.59 Å². The van der Waals surface area contributed by atoms with Crippen LogP contribution in [0.5, 0.6) is 0 Å². The average molecular weight is 291 g/mol. The summed E-state index contributed by atoms with van der Waals surface area (Å²) in [5, 5.41) is 8.91. The van der Waals surface area contributed by atoms with Gasteiger partial charge < -0.3 is 10.0 Å². The zero-order valence-electron chi connectivity index (χ0n) is 11.7. The first kappa shape index (κ1) is 15.2. The minimum atomic E-state index is -0.784. The molecule has 0 saturated carbocycles. The molecule has 0 unspecified atom stereocenters. The van der Waals surface area contributed by atoms with Crippen LogP contribution in [-0.4, -0.2) is 35.0 Å². The summed E-state index contributed by atoms with van der Waals surface area (Å²) in [6.07, 6.45) is 4.68. The van der Waals surface area contributed by atoms with E-state index >= 15 is 0 Å². The smallest absolute Gasteiger partial charge is 0.306 e. The predicted molar refractivity (Wildman–Crippen MR) is 77.0 cm³/mol. The molecule has 112 valence electrons. The highest BCUT2D eigenvalue weighted by Crippen LogP contribution is 2.18. The number of aliphatic carboxylic acids is 1. The molecule has 1 heterocycles. The van der Waals surface area contributed by atoms with E-state index in [4.69, 9.17) is 5.11 Å². The number of amides is 1. The van der Waals surface area contributed by atoms with Crippen molar-refractivity contribution >= 4 is 18.0 Å². The van der Waals surface area contributed by atoms with Crippen LogP contribution in [0.25, 0.3) is 6.08 Å². The summed E-state index contributed by atoms with van der Waals surface area (Å²) in [5.74, 6) is -1.45. The first-order valence-corrected chi connectivity index (χ1v) is 6.99. The maximum absolute atomic E-state index is 13.0. The summed E-state index contributed by atoms with van der Waals surface area (Å²) in [5.41, 5.74) is 0.715. The van der Waals surface area contributed by atoms with Gasteiger partial charge in [-0.2, -0.15) is 0 Å². The molecule has 1 aromatic carbocycles. The average Bonchev–Trinajstić information content (AvgIpc) is 2.47. The topological polar surface area (TPSA) is 57.6 Å². The molecule has 1 saturated heterocycles. The van der Waals surface area contributed by atoms with Crippen molar-refractivity contribution < 1.29 is 19.1 Å². The van der Waals surface area contributed by atoms with Crippen molar-refractivity contribution in [1.29, 1.82) is 0 Å². The Labute approximate surface area is 122 Å². The van der Waals surface area contributed by atoms with Gasteiger partial charge in [-0.15, -0.1) is 0 Å². The van der Waals surface area contributed by atoms with Gasteiger partial charge in [0.05, 0.1) is 5.92 Å². The number of carboxylic acids is 1. The van der Waals surface area contributed by atoms with Gasteiger partial charge in [0.25, 0.3) is 0 Å². The standard InChI is InChI=1S/C16H18FNO3/c17-14-5-1-3-12(11-14)4-2-6-15(19)18-9-7-13(8-10-18)16(20)21/h1-5,11,13H,6-10H2,(H,20,21)/b4-2+. The molecule has 0 atom stereocenters. The Morgan fingerprint density at radius 3 is 2.67 bits per heavy atom. The molecule has 1 N–H and O–H groups in total. The summed E-state index contributed by atoms with van der Waals surface area (Å²) >= 11 is 0. The molecular weight excluding hydrogens is 273 g/mol. The van der Waals surface area contributed by atoms with Crippen molar-refractivity contribution in [2.75, 3.05) is 13.1 Å². The molecule has 0 radical (unpaired) electrons. The van der Waals surface area contributed by atoms with Crippen molar-refractivity contribution in [2.45, 2.75) is 19.3 Å². The van der Waals surface area contributed by atoms with Gasteiger partial charge in [-0.1, -0.05) is 24.3 Å². The van der Waals surface area contributed by atoms with E-state index in [2.05, 4.69) is 0 Å². The molecule has 5 heteroatoms. The fraction of sp³-hybridized carbons (Fsp3) is 0.375. The number of halogens is 1. The number of rotatable bonds is 4. The lowest BCUT2D eigenvalue weighted by Gasteiger charge is -2.29. The number of hydrogen-bond acceptors (Lipinski definition) is 2. The van der Waals surface area contributed by atoms with Crippen molar-refractivity contribution in [3.63, 3.8) is 0 Å². The third kappa shape index (κ3) is 4.41. The van der Waals surface area contributed by atoms with Crippen LogP contribution in [0, 0.1) is 11.7 Å². The SMILES string of the molecule is O=C(O)C1CCN(C(=O)C/C=C/c2cccc(F)c2)CC1. The molecule has 0 aromatic heterocycles. The number of piperidine rings is 1. The van der Waals surface area contributed by atoms with Crippen LogP contribution in [0.1, 0.15) is 24.8 Å². The van der Waals surface area contributed by atoms with Gasteiger partial charge in [0.1, 0.15) is 5.82 Å². The second-order valence-corrected chi connectivity index (χ2v) is 5.15. The second-order valence-electron chi connectivity index (χ2n) is 5.15. The first-order valence-electron chi connectivity index (χ1n) is 6.99. The van der Waals surface area contributed by atoms with Gasteiger partial charge >= 0.3 is 5.97 Å². The molecule has 1 aromatic rings. The normalized spacial score (nSPS) is 16.3. The van der Waals surface area contributed by atoms with E-state index in [1.165, 1.54) is 12.1 Å². The molecule has 0 spiro atoms. The van der Waals surface area contributed by atoms with Crippen LogP contribution in [0.15, 0.2) is 30.3 Å². The van der Waals surface area contributed by atoms with E-state index in [0.717, 1.165) is 0 Å². The zero-order chi connectivity index (χ0) is 15.2. The van der Waals surface area contributed by atoms with Gasteiger partial charge in [-0.25, -0.2) is 4.39 Å². The number of benzene rings is 1. The maximum atomic E-state index is 13.0. The van der Waals surface area contributed by atoms with Crippen molar-refractivity contribution in [3.05, 3.63) is 41.7 Å². The number of hydrogen-bond donors (Lipinski definition) is 1. The third-order valence-electron chi connectivity index (χ3n) is 3.65. The lowest BCUT2D eigenvalue weighted by molar-refractivity contribution is -0.145. The number of nitrogens with zero attached hydrogens (tertiary/aromatic N) is 1. The molecule has 1 aliphatic rings. The Morgan fingerprint density at radius 2 is 2.05 bits per heavy atom. The zero-order valence-corrected chi connectivity index (χ0v) is 11.7. The van der Waals surface area contributed by atoms with Crippen LogP contribution in [0.4, 0.5) is 4.39 Å². The quantitative estimate of drug-likeness (QED) is 0.927. The van der Waals surface area contributed by atoms with Crippen LogP contribution >= 0.6 is 0 Å². The van der Waals surface area contributed by atoms with Crippen LogP contribution in [0.3, 0.4) is 0 Å². The van der Waals surface area contributed by atoms with Gasteiger partial charge in [-0.3, -0.25) is 9.59 Å². The fourth-order valence-electron chi connectivity index (χ4n) is 2.41. The lowest BCUT2D eigenvalue weighted by Crippen LogP contribution is -2.39. The predicted octanol–water partition coefficient (Wildman–Crippen LogP) is 2.55. The lowest BCUT2D eigenvalue weighted by atomic mass is 9.97. The van der Waals surface area contributed by atoms with E-state index in [-0.39, 0.29) is 24.1 Å². The second kappa shape index (κ2) is 7.02. The Bertz CT molecular complexity index is 548. The van der Waals surface area contributed by atoms with Crippen LogP contribution in [0.2, 0.25) is 0 Å². The molecule has 0 bridgehead atoms. The van der Waals surface area contributed by atoms with E-state index < -0.39 is 5.97 Å². The number of carboxylic acid groups (broad SMARTS) is 1. The van der Waals surface area contributed by atoms with Crippen molar-refractivity contribution in [1.82, 2.24) is 4.90 Å². The monoisotopic (exact) mass is 291 g/mol. The van der Waals surface area contributed by atoms with E-state index in [1.54, 1.807) is 29.2 Å². The Morgan fingerprint density at radius 1 is 1.33 bits per heavy atom. The fourth-order valence-corrected chi connectivity index (χ4v) is 2.41. The minimum absolute atomic E-state index is 0.0218. The third-order valence-corrected chi connectivity index (χ3v) is 3.65.